The first kappa shape index (κ1) is 27.0. The fourth-order valence-corrected chi connectivity index (χ4v) is 6.27. The molecule has 2 aliphatic heterocycles. The molecule has 3 heterocycles. The molecule has 0 atom stereocenters. The zero-order valence-corrected chi connectivity index (χ0v) is 24.0. The van der Waals surface area contributed by atoms with Gasteiger partial charge in [0.15, 0.2) is 0 Å². The summed E-state index contributed by atoms with van der Waals surface area (Å²) in [6.07, 6.45) is 3.79. The van der Waals surface area contributed by atoms with Gasteiger partial charge in [0.1, 0.15) is 5.69 Å². The molecule has 6 nitrogen and oxygen atoms in total. The van der Waals surface area contributed by atoms with Crippen LogP contribution in [-0.4, -0.2) is 47.5 Å². The Balaban J connectivity index is 1.25. The van der Waals surface area contributed by atoms with E-state index in [1.807, 2.05) is 59.5 Å². The number of benzene rings is 3. The van der Waals surface area contributed by atoms with Crippen molar-refractivity contribution in [3.63, 3.8) is 0 Å². The van der Waals surface area contributed by atoms with Gasteiger partial charge in [0.25, 0.3) is 11.8 Å². The molecule has 1 aromatic heterocycles. The van der Waals surface area contributed by atoms with Crippen LogP contribution in [0, 0.1) is 13.8 Å². The molecule has 0 saturated carbocycles. The number of piperidine rings is 1. The number of aryl methyl sites for hydroxylation is 2. The highest BCUT2D eigenvalue weighted by atomic mass is 16.2. The van der Waals surface area contributed by atoms with Crippen LogP contribution in [0.2, 0.25) is 0 Å². The van der Waals surface area contributed by atoms with Crippen molar-refractivity contribution in [1.29, 1.82) is 0 Å². The summed E-state index contributed by atoms with van der Waals surface area (Å²) in [5.74, 6) is -0.105. The van der Waals surface area contributed by atoms with E-state index in [0.717, 1.165) is 47.7 Å². The summed E-state index contributed by atoms with van der Waals surface area (Å²) in [5.41, 5.74) is 8.76. The van der Waals surface area contributed by atoms with Gasteiger partial charge in [-0.3, -0.25) is 9.59 Å². The van der Waals surface area contributed by atoms with Crippen LogP contribution < -0.4 is 10.2 Å². The maximum atomic E-state index is 14.1. The Morgan fingerprint density at radius 3 is 2.34 bits per heavy atom. The molecular weight excluding hydrogens is 508 g/mol. The van der Waals surface area contributed by atoms with E-state index in [2.05, 4.69) is 52.9 Å². The molecule has 1 N–H and O–H groups in total. The number of aromatic nitrogens is 1. The van der Waals surface area contributed by atoms with Crippen LogP contribution in [-0.2, 0) is 13.1 Å². The minimum absolute atomic E-state index is 0.0425. The van der Waals surface area contributed by atoms with Crippen molar-refractivity contribution in [1.82, 2.24) is 14.8 Å². The van der Waals surface area contributed by atoms with E-state index in [1.54, 1.807) is 0 Å². The molecule has 0 bridgehead atoms. The average molecular weight is 547 g/mol. The lowest BCUT2D eigenvalue weighted by Crippen LogP contribution is -2.38. The van der Waals surface area contributed by atoms with E-state index >= 15 is 0 Å². The highest BCUT2D eigenvalue weighted by Crippen LogP contribution is 2.32. The monoisotopic (exact) mass is 546 g/mol. The molecular formula is C35H38N4O2. The van der Waals surface area contributed by atoms with Gasteiger partial charge in [-0.25, -0.2) is 0 Å². The highest BCUT2D eigenvalue weighted by Gasteiger charge is 2.27. The molecule has 41 heavy (non-hydrogen) atoms. The number of para-hydroxylation sites is 1. The summed E-state index contributed by atoms with van der Waals surface area (Å²) in [6, 6.07) is 26.2. The van der Waals surface area contributed by atoms with Gasteiger partial charge in [-0.2, -0.15) is 0 Å². The van der Waals surface area contributed by atoms with Gasteiger partial charge < -0.3 is 19.7 Å². The number of fused-ring (bicyclic) bond motifs is 2. The second kappa shape index (κ2) is 11.8. The number of anilines is 1. The molecule has 4 aromatic rings. The Labute approximate surface area is 242 Å². The lowest BCUT2D eigenvalue weighted by molar-refractivity contribution is 0.0937. The third-order valence-corrected chi connectivity index (χ3v) is 8.55. The van der Waals surface area contributed by atoms with Crippen LogP contribution >= 0.6 is 0 Å². The minimum atomic E-state index is -0.0621. The normalized spacial score (nSPS) is 15.1. The average Bonchev–Trinajstić information content (AvgIpc) is 3.31. The third-order valence-electron chi connectivity index (χ3n) is 8.55. The maximum absolute atomic E-state index is 14.1. The van der Waals surface area contributed by atoms with Crippen LogP contribution in [0.4, 0.5) is 5.69 Å². The van der Waals surface area contributed by atoms with Gasteiger partial charge in [-0.1, -0.05) is 55.0 Å². The van der Waals surface area contributed by atoms with Gasteiger partial charge in [0, 0.05) is 30.0 Å². The fraction of sp³-hybridized carbons (Fsp3) is 0.314. The molecule has 0 radical (unpaired) electrons. The van der Waals surface area contributed by atoms with Gasteiger partial charge in [-0.05, 0) is 97.9 Å². The van der Waals surface area contributed by atoms with E-state index in [-0.39, 0.29) is 11.8 Å². The quantitative estimate of drug-likeness (QED) is 0.314. The Kier molecular flexibility index (Phi) is 7.75. The zero-order chi connectivity index (χ0) is 28.3. The van der Waals surface area contributed by atoms with E-state index < -0.39 is 0 Å². The van der Waals surface area contributed by atoms with Crippen LogP contribution in [0.3, 0.4) is 0 Å². The fourth-order valence-electron chi connectivity index (χ4n) is 6.27. The van der Waals surface area contributed by atoms with Crippen molar-refractivity contribution in [3.05, 3.63) is 113 Å². The molecule has 0 aliphatic carbocycles. The Hall–Kier alpha value is -4.16. The van der Waals surface area contributed by atoms with E-state index in [9.17, 15) is 9.59 Å². The van der Waals surface area contributed by atoms with Gasteiger partial charge in [0.05, 0.1) is 13.1 Å². The molecule has 6 rings (SSSR count). The summed E-state index contributed by atoms with van der Waals surface area (Å²) in [6.45, 7) is 8.87. The van der Waals surface area contributed by atoms with Crippen LogP contribution in [0.1, 0.15) is 62.5 Å². The molecule has 1 saturated heterocycles. The summed E-state index contributed by atoms with van der Waals surface area (Å²) in [4.78, 5) is 31.6. The van der Waals surface area contributed by atoms with Crippen LogP contribution in [0.15, 0.2) is 78.9 Å². The van der Waals surface area contributed by atoms with Crippen molar-refractivity contribution < 1.29 is 9.59 Å². The smallest absolute Gasteiger partial charge is 0.267 e. The minimum Gasteiger partial charge on any atom is -0.349 e. The first-order chi connectivity index (χ1) is 20.0. The van der Waals surface area contributed by atoms with Crippen molar-refractivity contribution in [3.8, 4) is 11.1 Å². The largest absolute Gasteiger partial charge is 0.349 e. The summed E-state index contributed by atoms with van der Waals surface area (Å²) in [7, 11) is 0. The predicted octanol–water partition coefficient (Wildman–Crippen LogP) is 6.20. The number of hydrogen-bond acceptors (Lipinski definition) is 3. The van der Waals surface area contributed by atoms with Crippen molar-refractivity contribution in [2.75, 3.05) is 31.1 Å². The van der Waals surface area contributed by atoms with E-state index in [4.69, 9.17) is 0 Å². The molecule has 1 fully saturated rings. The second-order valence-electron chi connectivity index (χ2n) is 11.3. The van der Waals surface area contributed by atoms with Crippen LogP contribution in [0.25, 0.3) is 11.1 Å². The SMILES string of the molecule is Cc1ccccc1-c1ccc(C(=O)N2Cc3ccc(C(=O)NCCN4CCCCC4)n3Cc3ccccc32)cc1C. The Bertz CT molecular complexity index is 1580. The summed E-state index contributed by atoms with van der Waals surface area (Å²) in [5, 5.41) is 3.13. The number of nitrogens with zero attached hydrogens (tertiary/aromatic N) is 3. The van der Waals surface area contributed by atoms with Crippen molar-refractivity contribution in [2.24, 2.45) is 0 Å². The standard InChI is InChI=1S/C35H38N4O2/c1-25-10-4-6-12-30(25)31-16-14-27(22-26(31)2)35(41)39-24-29-15-17-33(38(29)23-28-11-5-7-13-32(28)39)34(40)36-18-21-37-19-8-3-9-20-37/h4-7,10-17,22H,3,8-9,18-21,23-24H2,1-2H3,(H,36,40). The van der Waals surface area contributed by atoms with Crippen molar-refractivity contribution in [2.45, 2.75) is 46.2 Å². The third kappa shape index (κ3) is 5.57. The number of hydrogen-bond donors (Lipinski definition) is 1. The molecule has 2 amide bonds. The Morgan fingerprint density at radius 2 is 1.54 bits per heavy atom. The van der Waals surface area contributed by atoms with Crippen molar-refractivity contribution >= 4 is 17.5 Å². The molecule has 0 spiro atoms. The molecule has 2 aliphatic rings. The molecule has 0 unspecified atom stereocenters. The molecule has 3 aromatic carbocycles. The maximum Gasteiger partial charge on any atom is 0.267 e. The first-order valence-corrected chi connectivity index (χ1v) is 14.7. The van der Waals surface area contributed by atoms with E-state index in [1.165, 1.54) is 30.4 Å². The lowest BCUT2D eigenvalue weighted by atomic mass is 9.95. The molecule has 210 valence electrons. The number of likely N-dealkylation sites (tertiary alicyclic amines) is 1. The van der Waals surface area contributed by atoms with Gasteiger partial charge in [0.2, 0.25) is 0 Å². The number of nitrogens with one attached hydrogen (secondary N) is 1. The lowest BCUT2D eigenvalue weighted by Gasteiger charge is -2.26. The highest BCUT2D eigenvalue weighted by molar-refractivity contribution is 6.07. The van der Waals surface area contributed by atoms with E-state index in [0.29, 0.717) is 30.9 Å². The number of carbonyl (C=O) groups excluding carboxylic acids is 2. The molecule has 6 heteroatoms. The number of rotatable bonds is 6. The number of carbonyl (C=O) groups is 2. The zero-order valence-electron chi connectivity index (χ0n) is 24.0. The Morgan fingerprint density at radius 1 is 0.780 bits per heavy atom. The topological polar surface area (TPSA) is 57.6 Å². The predicted molar refractivity (Wildman–Crippen MR) is 164 cm³/mol. The summed E-state index contributed by atoms with van der Waals surface area (Å²) >= 11 is 0. The van der Waals surface area contributed by atoms with Gasteiger partial charge >= 0.3 is 0 Å². The second-order valence-corrected chi connectivity index (χ2v) is 11.3. The summed E-state index contributed by atoms with van der Waals surface area (Å²) < 4.78 is 2.06. The first-order valence-electron chi connectivity index (χ1n) is 14.7. The van der Waals surface area contributed by atoms with Gasteiger partial charge in [-0.15, -0.1) is 0 Å². The van der Waals surface area contributed by atoms with Crippen LogP contribution in [0.5, 0.6) is 0 Å². The number of amides is 2.